The normalized spacial score (nSPS) is 10.0. The first-order valence-corrected chi connectivity index (χ1v) is 14.8. The van der Waals surface area contributed by atoms with Gasteiger partial charge in [-0.2, -0.15) is 0 Å². The van der Waals surface area contributed by atoms with E-state index in [1.165, 1.54) is 55.8 Å². The van der Waals surface area contributed by atoms with Gasteiger partial charge >= 0.3 is 0 Å². The molecule has 2 nitrogen and oxygen atoms in total. The van der Waals surface area contributed by atoms with Gasteiger partial charge in [0.2, 0.25) is 0 Å². The Labute approximate surface area is 235 Å². The van der Waals surface area contributed by atoms with Crippen molar-refractivity contribution in [2.45, 2.75) is 27.7 Å². The molecule has 0 N–H and O–H groups in total. The molecule has 0 amide bonds. The van der Waals surface area contributed by atoms with Gasteiger partial charge in [-0.05, 0) is 99.3 Å². The summed E-state index contributed by atoms with van der Waals surface area (Å²) in [5.74, 6) is 0. The largest absolute Gasteiger partial charge is 0.281 e. The second kappa shape index (κ2) is 17.2. The van der Waals surface area contributed by atoms with E-state index in [4.69, 9.17) is 9.59 Å². The molecule has 37 heavy (non-hydrogen) atoms. The topological polar surface area (TPSA) is 34.1 Å². The molecule has 4 rings (SSSR count). The summed E-state index contributed by atoms with van der Waals surface area (Å²) in [5.41, 5.74) is 5.66. The van der Waals surface area contributed by atoms with Crippen LogP contribution in [0, 0.1) is 27.7 Å². The fraction of sp³-hybridized carbons (Fsp3) is 0.188. The third-order valence-electron chi connectivity index (χ3n) is 6.17. The second-order valence-electron chi connectivity index (χ2n) is 8.45. The first-order valence-electron chi connectivity index (χ1n) is 11.7. The van der Waals surface area contributed by atoms with Gasteiger partial charge in [-0.25, -0.2) is 0 Å². The van der Waals surface area contributed by atoms with Gasteiger partial charge in [0.05, 0.1) is 0 Å². The molecular weight excluding hydrogens is 537 g/mol. The Morgan fingerprint density at radius 3 is 0.811 bits per heavy atom. The number of rotatable bonds is 7. The van der Waals surface area contributed by atoms with Gasteiger partial charge in [-0.3, -0.25) is 9.59 Å². The summed E-state index contributed by atoms with van der Waals surface area (Å²) in [6.07, 6.45) is 2.42. The summed E-state index contributed by atoms with van der Waals surface area (Å²) in [7, 11) is -0.818. The second-order valence-corrected chi connectivity index (χ2v) is 13.0. The molecule has 0 bridgehead atoms. The van der Waals surface area contributed by atoms with Gasteiger partial charge in [0.15, 0.2) is 0 Å². The van der Waals surface area contributed by atoms with E-state index in [1.807, 2.05) is 0 Å². The van der Waals surface area contributed by atoms with E-state index >= 15 is 0 Å². The molecular formula is C32H32NiO2P2. The molecule has 4 aromatic rings. The number of hydrogen-bond donors (Lipinski definition) is 0. The molecule has 192 valence electrons. The molecule has 4 radical (unpaired) electrons. The zero-order valence-electron chi connectivity index (χ0n) is 21.7. The van der Waals surface area contributed by atoms with Crippen molar-refractivity contribution in [1.82, 2.24) is 0 Å². The third-order valence-corrected chi connectivity index (χ3v) is 12.2. The predicted octanol–water partition coefficient (Wildman–Crippen LogP) is 5.69. The maximum absolute atomic E-state index is 7.50. The fourth-order valence-electron chi connectivity index (χ4n) is 4.41. The maximum atomic E-state index is 7.50. The van der Waals surface area contributed by atoms with E-state index in [1.54, 1.807) is 0 Å². The smallest absolute Gasteiger partial charge is 0.281 e. The molecule has 0 saturated heterocycles. The SMILES string of the molecule is Cc1ccccc1P(CCP(c1ccccc1C)c1ccccc1C)c1ccccc1C.[C]=O.[C]=O.[Ni]. The summed E-state index contributed by atoms with van der Waals surface area (Å²) in [4.78, 5) is 15.0. The van der Waals surface area contributed by atoms with E-state index in [2.05, 4.69) is 138 Å². The maximum Gasteiger partial charge on any atom is 0.281 e. The zero-order valence-corrected chi connectivity index (χ0v) is 24.5. The minimum atomic E-state index is -0.409. The minimum Gasteiger partial charge on any atom is -0.281 e. The Bertz CT molecular complexity index is 1060. The molecule has 0 spiro atoms. The van der Waals surface area contributed by atoms with Crippen molar-refractivity contribution < 1.29 is 26.1 Å². The van der Waals surface area contributed by atoms with Crippen molar-refractivity contribution in [3.63, 3.8) is 0 Å². The third kappa shape index (κ3) is 8.55. The van der Waals surface area contributed by atoms with Gasteiger partial charge in [0, 0.05) is 16.5 Å². The molecule has 0 aliphatic heterocycles. The average Bonchev–Trinajstić information content (AvgIpc) is 2.92. The van der Waals surface area contributed by atoms with Crippen molar-refractivity contribution in [2.75, 3.05) is 12.3 Å². The van der Waals surface area contributed by atoms with Crippen molar-refractivity contribution >= 4 is 50.6 Å². The van der Waals surface area contributed by atoms with Crippen molar-refractivity contribution in [1.29, 1.82) is 0 Å². The molecule has 0 saturated carbocycles. The van der Waals surface area contributed by atoms with Gasteiger partial charge in [0.1, 0.15) is 0 Å². The van der Waals surface area contributed by atoms with Crippen LogP contribution < -0.4 is 21.2 Å². The first-order chi connectivity index (χ1) is 17.6. The Morgan fingerprint density at radius 1 is 0.432 bits per heavy atom. The van der Waals surface area contributed by atoms with Crippen LogP contribution >= 0.6 is 15.8 Å². The molecule has 0 aromatic heterocycles. The first kappa shape index (κ1) is 32.6. The molecule has 0 fully saturated rings. The van der Waals surface area contributed by atoms with Crippen LogP contribution in [0.4, 0.5) is 0 Å². The molecule has 5 heteroatoms. The van der Waals surface area contributed by atoms with Crippen LogP contribution in [0.25, 0.3) is 0 Å². The van der Waals surface area contributed by atoms with Crippen LogP contribution in [0.1, 0.15) is 22.3 Å². The van der Waals surface area contributed by atoms with Crippen LogP contribution in [0.15, 0.2) is 97.1 Å². The summed E-state index contributed by atoms with van der Waals surface area (Å²) in [6, 6.07) is 36.0. The van der Waals surface area contributed by atoms with Gasteiger partial charge < -0.3 is 0 Å². The summed E-state index contributed by atoms with van der Waals surface area (Å²) in [5, 5.41) is 6.12. The van der Waals surface area contributed by atoms with Gasteiger partial charge in [-0.1, -0.05) is 97.1 Å². The summed E-state index contributed by atoms with van der Waals surface area (Å²) in [6.45, 7) is 18.1. The quantitative estimate of drug-likeness (QED) is 0.212. The monoisotopic (exact) mass is 568 g/mol. The van der Waals surface area contributed by atoms with Crippen molar-refractivity contribution in [2.24, 2.45) is 0 Å². The standard InChI is InChI=1S/C30H32P2.2CO.Ni/c1-23-13-5-9-17-27(23)31(28-18-10-6-14-24(28)2)21-22-32(29-19-11-7-15-25(29)3)30-20-12-8-16-26(30)4;2*1-2;/h5-20H,21-22H2,1-4H3;;;. The van der Waals surface area contributed by atoms with Gasteiger partial charge in [0.25, 0.3) is 13.6 Å². The van der Waals surface area contributed by atoms with Crippen LogP contribution in [-0.4, -0.2) is 25.9 Å². The molecule has 0 unspecified atom stereocenters. The van der Waals surface area contributed by atoms with Crippen LogP contribution in [-0.2, 0) is 26.1 Å². The minimum absolute atomic E-state index is 0. The molecule has 0 atom stereocenters. The van der Waals surface area contributed by atoms with E-state index in [0.29, 0.717) is 0 Å². The van der Waals surface area contributed by atoms with Crippen LogP contribution in [0.2, 0.25) is 0 Å². The van der Waals surface area contributed by atoms with E-state index in [0.717, 1.165) is 0 Å². The Balaban J connectivity index is 0.00000131. The zero-order chi connectivity index (χ0) is 26.5. The molecule has 0 heterocycles. The number of benzene rings is 4. The molecule has 0 aliphatic carbocycles. The Kier molecular flexibility index (Phi) is 15.1. The van der Waals surface area contributed by atoms with E-state index in [9.17, 15) is 0 Å². The van der Waals surface area contributed by atoms with Crippen LogP contribution in [0.5, 0.6) is 0 Å². The Hall–Kier alpha value is -2.43. The number of hydrogen-bond acceptors (Lipinski definition) is 2. The van der Waals surface area contributed by atoms with Crippen LogP contribution in [0.3, 0.4) is 0 Å². The summed E-state index contributed by atoms with van der Waals surface area (Å²) >= 11 is 0. The van der Waals surface area contributed by atoms with Crippen molar-refractivity contribution in [3.05, 3.63) is 119 Å². The van der Waals surface area contributed by atoms with Crippen molar-refractivity contribution in [3.8, 4) is 0 Å². The van der Waals surface area contributed by atoms with Gasteiger partial charge in [-0.15, -0.1) is 0 Å². The van der Waals surface area contributed by atoms with E-state index < -0.39 is 15.8 Å². The molecule has 4 aromatic carbocycles. The number of carbonyl (C=O) groups excluding carboxylic acids is 2. The Morgan fingerprint density at radius 2 is 0.622 bits per heavy atom. The fourth-order valence-corrected chi connectivity index (χ4v) is 10.6. The molecule has 0 aliphatic rings. The average molecular weight is 569 g/mol. The predicted molar refractivity (Wildman–Crippen MR) is 158 cm³/mol. The van der Waals surface area contributed by atoms with E-state index in [-0.39, 0.29) is 16.5 Å². The summed E-state index contributed by atoms with van der Waals surface area (Å²) < 4.78 is 0. The number of aryl methyl sites for hydroxylation is 4.